The number of aryl methyl sites for hydroxylation is 1. The first-order chi connectivity index (χ1) is 12.3. The molecule has 0 aliphatic rings. The van der Waals surface area contributed by atoms with Crippen LogP contribution >= 0.6 is 11.6 Å². The van der Waals surface area contributed by atoms with E-state index in [1.54, 1.807) is 20.0 Å². The van der Waals surface area contributed by atoms with Gasteiger partial charge in [-0.1, -0.05) is 17.5 Å². The molecule has 0 atom stereocenters. The van der Waals surface area contributed by atoms with Crippen molar-refractivity contribution in [1.29, 1.82) is 5.26 Å². The number of esters is 1. The molecular weight excluding hydrogens is 380 g/mol. The van der Waals surface area contributed by atoms with Crippen molar-refractivity contribution in [1.82, 2.24) is 13.9 Å². The van der Waals surface area contributed by atoms with Crippen LogP contribution in [0, 0.1) is 23.7 Å². The topological polar surface area (TPSA) is 105 Å². The van der Waals surface area contributed by atoms with Crippen molar-refractivity contribution in [3.05, 3.63) is 23.0 Å². The third-order valence-corrected chi connectivity index (χ3v) is 5.69. The van der Waals surface area contributed by atoms with E-state index in [0.717, 1.165) is 10.5 Å². The number of rotatable bonds is 6. The van der Waals surface area contributed by atoms with E-state index in [9.17, 15) is 13.2 Å². The number of pyridine rings is 1. The van der Waals surface area contributed by atoms with Crippen molar-refractivity contribution < 1.29 is 17.9 Å². The predicted octanol–water partition coefficient (Wildman–Crippen LogP) is 1.55. The lowest BCUT2D eigenvalue weighted by molar-refractivity contribution is 0.0516. The van der Waals surface area contributed by atoms with Gasteiger partial charge in [-0.25, -0.2) is 13.2 Å². The van der Waals surface area contributed by atoms with Gasteiger partial charge in [0, 0.05) is 13.2 Å². The highest BCUT2D eigenvalue weighted by molar-refractivity contribution is 7.89. The Kier molecular flexibility index (Phi) is 5.88. The van der Waals surface area contributed by atoms with Gasteiger partial charge in [-0.3, -0.25) is 4.98 Å². The summed E-state index contributed by atoms with van der Waals surface area (Å²) in [4.78, 5) is 16.0. The number of carbonyl (C=O) groups is 1. The van der Waals surface area contributed by atoms with E-state index in [2.05, 4.69) is 10.9 Å². The number of carbonyl (C=O) groups excluding carboxylic acids is 1. The molecule has 136 valence electrons. The molecule has 0 fully saturated rings. The molecule has 0 aliphatic carbocycles. The summed E-state index contributed by atoms with van der Waals surface area (Å²) in [7, 11) is -2.49. The monoisotopic (exact) mass is 394 g/mol. The van der Waals surface area contributed by atoms with Crippen LogP contribution in [0.5, 0.6) is 0 Å². The lowest BCUT2D eigenvalue weighted by atomic mass is 10.3. The molecule has 0 amide bonds. The van der Waals surface area contributed by atoms with Gasteiger partial charge < -0.3 is 9.30 Å². The Morgan fingerprint density at radius 1 is 1.50 bits per heavy atom. The van der Waals surface area contributed by atoms with Gasteiger partial charge in [-0.2, -0.15) is 9.57 Å². The van der Waals surface area contributed by atoms with E-state index in [1.165, 1.54) is 10.6 Å². The molecule has 0 unspecified atom stereocenters. The predicted molar refractivity (Wildman–Crippen MR) is 94.9 cm³/mol. The first kappa shape index (κ1) is 19.7. The second-order valence-corrected chi connectivity index (χ2v) is 7.43. The molecule has 0 saturated heterocycles. The number of sulfonamides is 1. The number of aromatic nitrogens is 2. The van der Waals surface area contributed by atoms with Gasteiger partial charge in [0.25, 0.3) is 0 Å². The van der Waals surface area contributed by atoms with Crippen molar-refractivity contribution in [2.75, 3.05) is 19.7 Å². The highest BCUT2D eigenvalue weighted by atomic mass is 35.5. The van der Waals surface area contributed by atoms with Crippen LogP contribution in [0.3, 0.4) is 0 Å². The zero-order valence-corrected chi connectivity index (χ0v) is 15.6. The second kappa shape index (κ2) is 7.75. The molecule has 2 rings (SSSR count). The van der Waals surface area contributed by atoms with Gasteiger partial charge in [0.1, 0.15) is 22.7 Å². The Bertz CT molecular complexity index is 1030. The summed E-state index contributed by atoms with van der Waals surface area (Å²) in [6.45, 7) is 1.17. The van der Waals surface area contributed by atoms with Gasteiger partial charge in [0.15, 0.2) is 0 Å². The number of halogens is 1. The fourth-order valence-corrected chi connectivity index (χ4v) is 3.93. The summed E-state index contributed by atoms with van der Waals surface area (Å²) in [6, 6.07) is 3.09. The average Bonchev–Trinajstić information content (AvgIpc) is 2.85. The third-order valence-electron chi connectivity index (χ3n) is 3.58. The Morgan fingerprint density at radius 3 is 2.77 bits per heavy atom. The van der Waals surface area contributed by atoms with E-state index in [-0.39, 0.29) is 34.3 Å². The molecule has 2 aromatic rings. The summed E-state index contributed by atoms with van der Waals surface area (Å²) in [5.41, 5.74) is 0.666. The Morgan fingerprint density at radius 2 is 2.19 bits per heavy atom. The summed E-state index contributed by atoms with van der Waals surface area (Å²) in [6.07, 6.45) is 6.29. The van der Waals surface area contributed by atoms with E-state index in [0.29, 0.717) is 5.52 Å². The molecule has 0 radical (unpaired) electrons. The minimum Gasteiger partial charge on any atom is -0.461 e. The van der Waals surface area contributed by atoms with Crippen molar-refractivity contribution in [3.8, 4) is 18.4 Å². The fraction of sp³-hybridized carbons (Fsp3) is 0.312. The zero-order valence-electron chi connectivity index (χ0n) is 14.1. The summed E-state index contributed by atoms with van der Waals surface area (Å²) in [5.74, 6) is 1.57. The van der Waals surface area contributed by atoms with Crippen molar-refractivity contribution >= 4 is 38.6 Å². The summed E-state index contributed by atoms with van der Waals surface area (Å²) in [5, 5.41) is 8.90. The zero-order chi connectivity index (χ0) is 19.5. The molecule has 2 aromatic heterocycles. The van der Waals surface area contributed by atoms with E-state index in [1.807, 2.05) is 0 Å². The maximum Gasteiger partial charge on any atom is 0.356 e. The molecule has 0 spiro atoms. The summed E-state index contributed by atoms with van der Waals surface area (Å²) < 4.78 is 32.6. The molecule has 8 nitrogen and oxygen atoms in total. The number of hydrogen-bond acceptors (Lipinski definition) is 6. The number of hydrogen-bond donors (Lipinski definition) is 0. The van der Waals surface area contributed by atoms with Crippen molar-refractivity contribution in [2.24, 2.45) is 7.05 Å². The largest absolute Gasteiger partial charge is 0.461 e. The Labute approximate surface area is 156 Å². The van der Waals surface area contributed by atoms with Crippen LogP contribution in [-0.2, 0) is 21.8 Å². The Balaban J connectivity index is 2.63. The van der Waals surface area contributed by atoms with Crippen molar-refractivity contribution in [2.45, 2.75) is 11.8 Å². The van der Waals surface area contributed by atoms with Crippen molar-refractivity contribution in [3.63, 3.8) is 0 Å². The van der Waals surface area contributed by atoms with Crippen LogP contribution in [0.1, 0.15) is 17.4 Å². The first-order valence-corrected chi connectivity index (χ1v) is 9.23. The molecule has 0 saturated carbocycles. The van der Waals surface area contributed by atoms with E-state index >= 15 is 0 Å². The average molecular weight is 395 g/mol. The maximum atomic E-state index is 12.7. The minimum absolute atomic E-state index is 0.0717. The lowest BCUT2D eigenvalue weighted by Crippen LogP contribution is -2.32. The minimum atomic E-state index is -4.03. The molecule has 0 bridgehead atoms. The van der Waals surface area contributed by atoms with Gasteiger partial charge in [-0.15, -0.1) is 6.42 Å². The highest BCUT2D eigenvalue weighted by Crippen LogP contribution is 2.30. The van der Waals surface area contributed by atoms with Crippen LogP contribution in [-0.4, -0.2) is 47.9 Å². The SMILES string of the molecule is C#CCN(CC#N)S(=O)(=O)c1cnc2c(Cl)c(C(=O)OCC)n(C)c2c1. The molecular formula is C16H15ClN4O4S. The maximum absolute atomic E-state index is 12.7. The smallest absolute Gasteiger partial charge is 0.356 e. The quantitative estimate of drug-likeness (QED) is 0.418. The van der Waals surface area contributed by atoms with Crippen LogP contribution < -0.4 is 0 Å². The van der Waals surface area contributed by atoms with Crippen LogP contribution in [0.2, 0.25) is 5.02 Å². The van der Waals surface area contributed by atoms with Gasteiger partial charge >= 0.3 is 5.97 Å². The first-order valence-electron chi connectivity index (χ1n) is 7.41. The number of terminal acetylenes is 1. The third kappa shape index (κ3) is 3.37. The normalized spacial score (nSPS) is 11.3. The van der Waals surface area contributed by atoms with E-state index in [4.69, 9.17) is 28.0 Å². The standard InChI is InChI=1S/C16H15ClN4O4S/c1-4-7-21(8-6-18)26(23,24)11-9-12-14(19-10-11)13(17)15(20(12)3)16(22)25-5-2/h1,9-10H,5,7-8H2,2-3H3. The van der Waals surface area contributed by atoms with Gasteiger partial charge in [-0.05, 0) is 13.0 Å². The van der Waals surface area contributed by atoms with Crippen LogP contribution in [0.15, 0.2) is 17.2 Å². The number of nitriles is 1. The number of fused-ring (bicyclic) bond motifs is 1. The van der Waals surface area contributed by atoms with Crippen LogP contribution in [0.25, 0.3) is 11.0 Å². The molecule has 0 aliphatic heterocycles. The summed E-state index contributed by atoms with van der Waals surface area (Å²) >= 11 is 6.21. The molecule has 0 aromatic carbocycles. The highest BCUT2D eigenvalue weighted by Gasteiger charge is 2.27. The number of nitrogens with zero attached hydrogens (tertiary/aromatic N) is 4. The molecule has 2 heterocycles. The number of ether oxygens (including phenoxy) is 1. The lowest BCUT2D eigenvalue weighted by Gasteiger charge is -2.16. The molecule has 10 heteroatoms. The fourth-order valence-electron chi connectivity index (χ4n) is 2.36. The Hall–Kier alpha value is -2.59. The van der Waals surface area contributed by atoms with E-state index < -0.39 is 22.5 Å². The van der Waals surface area contributed by atoms with Crippen LogP contribution in [0.4, 0.5) is 0 Å². The van der Waals surface area contributed by atoms with Gasteiger partial charge in [0.05, 0.1) is 29.8 Å². The van der Waals surface area contributed by atoms with Gasteiger partial charge in [0.2, 0.25) is 10.0 Å². The molecule has 26 heavy (non-hydrogen) atoms. The second-order valence-electron chi connectivity index (χ2n) is 5.12. The molecule has 0 N–H and O–H groups in total.